The number of unbranched alkanes of at least 4 members (excludes halogenated alkanes) is 34. The van der Waals surface area contributed by atoms with E-state index in [1.54, 1.807) is 0 Å². The Hall–Kier alpha value is -1.06. The molecular weight excluding hydrogens is 665 g/mol. The fourth-order valence-corrected chi connectivity index (χ4v) is 8.76. The van der Waals surface area contributed by atoms with Gasteiger partial charge in [-0.2, -0.15) is 0 Å². The third-order valence-electron chi connectivity index (χ3n) is 9.93. The molecule has 0 aromatic heterocycles. The van der Waals surface area contributed by atoms with Gasteiger partial charge in [-0.3, -0.25) is 0 Å². The molecule has 0 atom stereocenters. The molecule has 0 amide bonds. The molecule has 0 radical (unpaired) electrons. The summed E-state index contributed by atoms with van der Waals surface area (Å²) in [6.45, 7) is 4.59. The molecule has 0 aliphatic rings. The van der Waals surface area contributed by atoms with Gasteiger partial charge in [0.1, 0.15) is 0 Å². The zero-order valence-corrected chi connectivity index (χ0v) is 36.7. The summed E-state index contributed by atoms with van der Waals surface area (Å²) in [6.07, 6.45) is 51.1. The molecule has 0 saturated heterocycles. The van der Waals surface area contributed by atoms with Crippen LogP contribution in [-0.4, -0.2) is 11.5 Å². The standard InChI is InChI=1S/C50H86S2/c1-3-5-7-9-11-13-15-17-19-21-23-25-27-29-31-33-35-37-39-41-43-45-47-49-51-52-50-48-46-44-42-40-38-36-34-32-30-28-26-24-22-20-18-16-14-12-10-8-6-4-2/h3-32,41-50H2,1-2H3. The van der Waals surface area contributed by atoms with Gasteiger partial charge in [0.15, 0.2) is 0 Å². The van der Waals surface area contributed by atoms with Crippen LogP contribution in [0.3, 0.4) is 0 Å². The molecule has 52 heavy (non-hydrogen) atoms. The largest absolute Gasteiger partial charge is 0.0942 e. The van der Waals surface area contributed by atoms with Crippen molar-refractivity contribution < 1.29 is 0 Å². The van der Waals surface area contributed by atoms with E-state index >= 15 is 0 Å². The van der Waals surface area contributed by atoms with Crippen molar-refractivity contribution in [3.63, 3.8) is 0 Å². The van der Waals surface area contributed by atoms with E-state index in [0.29, 0.717) is 0 Å². The van der Waals surface area contributed by atoms with Crippen LogP contribution in [0.1, 0.15) is 258 Å². The zero-order valence-electron chi connectivity index (χ0n) is 35.1. The van der Waals surface area contributed by atoms with Crippen LogP contribution in [0.2, 0.25) is 0 Å². The molecule has 2 heteroatoms. The summed E-state index contributed by atoms with van der Waals surface area (Å²) in [6, 6.07) is 0. The van der Waals surface area contributed by atoms with Gasteiger partial charge in [-0.1, -0.05) is 239 Å². The van der Waals surface area contributed by atoms with Crippen LogP contribution in [0.5, 0.6) is 0 Å². The summed E-state index contributed by atoms with van der Waals surface area (Å²) in [5, 5.41) is 0. The lowest BCUT2D eigenvalue weighted by molar-refractivity contribution is 0.536. The van der Waals surface area contributed by atoms with E-state index in [-0.39, 0.29) is 0 Å². The summed E-state index contributed by atoms with van der Waals surface area (Å²) >= 11 is 0. The average molecular weight is 751 g/mol. The molecule has 0 spiro atoms. The lowest BCUT2D eigenvalue weighted by Crippen LogP contribution is -1.83. The third-order valence-corrected chi connectivity index (χ3v) is 12.5. The first-order valence-corrected chi connectivity index (χ1v) is 25.6. The molecular formula is C50H86S2. The monoisotopic (exact) mass is 751 g/mol. The summed E-state index contributed by atoms with van der Waals surface area (Å²) in [5.74, 6) is 27.9. The second kappa shape index (κ2) is 49.9. The first-order chi connectivity index (χ1) is 25.9. The lowest BCUT2D eigenvalue weighted by Gasteiger charge is -2.02. The van der Waals surface area contributed by atoms with Crippen LogP contribution >= 0.6 is 21.6 Å². The minimum atomic E-state index is 0.999. The van der Waals surface area contributed by atoms with E-state index in [0.717, 1.165) is 25.7 Å². The maximum atomic E-state index is 3.26. The maximum absolute atomic E-state index is 3.26. The topological polar surface area (TPSA) is 0 Å². The Morgan fingerprint density at radius 2 is 0.423 bits per heavy atom. The fraction of sp³-hybridized carbons (Fsp3) is 0.840. The smallest absolute Gasteiger partial charge is 0.00989 e. The van der Waals surface area contributed by atoms with E-state index in [9.17, 15) is 0 Å². The van der Waals surface area contributed by atoms with Crippen molar-refractivity contribution in [2.45, 2.75) is 258 Å². The van der Waals surface area contributed by atoms with Crippen LogP contribution in [0.4, 0.5) is 0 Å². The maximum Gasteiger partial charge on any atom is 0.00989 e. The molecule has 0 unspecified atom stereocenters. The second-order valence-electron chi connectivity index (χ2n) is 15.2. The first-order valence-electron chi connectivity index (χ1n) is 23.1. The van der Waals surface area contributed by atoms with Gasteiger partial charge in [-0.05, 0) is 62.2 Å². The number of hydrogen-bond acceptors (Lipinski definition) is 2. The highest BCUT2D eigenvalue weighted by molar-refractivity contribution is 8.76. The molecule has 0 aromatic rings. The summed E-state index contributed by atoms with van der Waals surface area (Å²) in [5.41, 5.74) is 0. The van der Waals surface area contributed by atoms with Crippen molar-refractivity contribution in [2.75, 3.05) is 11.5 Å². The Kier molecular flexibility index (Phi) is 48.9. The van der Waals surface area contributed by atoms with Gasteiger partial charge in [-0.25, -0.2) is 0 Å². The van der Waals surface area contributed by atoms with Crippen molar-refractivity contribution in [2.24, 2.45) is 0 Å². The normalized spacial score (nSPS) is 10.4. The summed E-state index contributed by atoms with van der Waals surface area (Å²) < 4.78 is 0. The van der Waals surface area contributed by atoms with Crippen LogP contribution in [0.25, 0.3) is 0 Å². The van der Waals surface area contributed by atoms with E-state index in [2.05, 4.69) is 61.2 Å². The number of hydrogen-bond donors (Lipinski definition) is 0. The average Bonchev–Trinajstić information content (AvgIpc) is 3.16. The van der Waals surface area contributed by atoms with Gasteiger partial charge < -0.3 is 0 Å². The van der Waals surface area contributed by atoms with Crippen molar-refractivity contribution in [3.8, 4) is 47.4 Å². The van der Waals surface area contributed by atoms with Crippen molar-refractivity contribution in [3.05, 3.63) is 0 Å². The third kappa shape index (κ3) is 48.9. The molecule has 0 aromatic carbocycles. The molecule has 0 aliphatic carbocycles. The SMILES string of the molecule is CCCCCCCCCCCCCCCCC#CC#CCCCCCSSCCCCCC#CC#CCCCCCCCCCCCCCCCC. The fourth-order valence-electron chi connectivity index (χ4n) is 6.46. The second-order valence-corrected chi connectivity index (χ2v) is 17.9. The Bertz CT molecular complexity index is 858. The predicted octanol–water partition coefficient (Wildman–Crippen LogP) is 17.2. The van der Waals surface area contributed by atoms with Crippen molar-refractivity contribution >= 4 is 21.6 Å². The van der Waals surface area contributed by atoms with Crippen molar-refractivity contribution in [1.29, 1.82) is 0 Å². The van der Waals surface area contributed by atoms with E-state index in [1.807, 2.05) is 21.6 Å². The van der Waals surface area contributed by atoms with Gasteiger partial charge in [-0.15, -0.1) is 0 Å². The Morgan fingerprint density at radius 1 is 0.231 bits per heavy atom. The summed E-state index contributed by atoms with van der Waals surface area (Å²) in [7, 11) is 4.10. The molecule has 0 aliphatic heterocycles. The zero-order chi connectivity index (χ0) is 37.4. The lowest BCUT2D eigenvalue weighted by atomic mass is 10.0. The minimum Gasteiger partial charge on any atom is -0.0942 e. The quantitative estimate of drug-likeness (QED) is 0.0349. The highest BCUT2D eigenvalue weighted by Gasteiger charge is 1.96. The molecule has 0 bridgehead atoms. The van der Waals surface area contributed by atoms with Crippen LogP contribution in [-0.2, 0) is 0 Å². The van der Waals surface area contributed by atoms with E-state index in [4.69, 9.17) is 0 Å². The summed E-state index contributed by atoms with van der Waals surface area (Å²) in [4.78, 5) is 0. The Labute approximate surface area is 336 Å². The Morgan fingerprint density at radius 3 is 0.654 bits per heavy atom. The van der Waals surface area contributed by atoms with Gasteiger partial charge in [0.05, 0.1) is 0 Å². The van der Waals surface area contributed by atoms with Crippen LogP contribution in [0, 0.1) is 47.4 Å². The van der Waals surface area contributed by atoms with Gasteiger partial charge in [0, 0.05) is 37.2 Å². The Balaban J connectivity index is 3.28. The van der Waals surface area contributed by atoms with Gasteiger partial charge >= 0.3 is 0 Å². The minimum absolute atomic E-state index is 0.999. The molecule has 298 valence electrons. The molecule has 0 nitrogen and oxygen atoms in total. The highest BCUT2D eigenvalue weighted by atomic mass is 33.1. The highest BCUT2D eigenvalue weighted by Crippen LogP contribution is 2.24. The molecule has 0 heterocycles. The van der Waals surface area contributed by atoms with Crippen LogP contribution < -0.4 is 0 Å². The van der Waals surface area contributed by atoms with Gasteiger partial charge in [0.25, 0.3) is 0 Å². The molecule has 0 fully saturated rings. The van der Waals surface area contributed by atoms with E-state index < -0.39 is 0 Å². The molecule has 0 saturated carbocycles. The van der Waals surface area contributed by atoms with Crippen LogP contribution in [0.15, 0.2) is 0 Å². The molecule has 0 N–H and O–H groups in total. The van der Waals surface area contributed by atoms with Crippen molar-refractivity contribution in [1.82, 2.24) is 0 Å². The number of rotatable bonds is 39. The predicted molar refractivity (Wildman–Crippen MR) is 243 cm³/mol. The molecule has 0 rings (SSSR count). The first kappa shape index (κ1) is 50.9. The van der Waals surface area contributed by atoms with Gasteiger partial charge in [0.2, 0.25) is 0 Å². The van der Waals surface area contributed by atoms with E-state index in [1.165, 1.54) is 230 Å².